The lowest BCUT2D eigenvalue weighted by molar-refractivity contribution is -0.303. The van der Waals surface area contributed by atoms with Crippen LogP contribution in [0.3, 0.4) is 0 Å². The number of rotatable bonds is 9. The van der Waals surface area contributed by atoms with E-state index in [4.69, 9.17) is 28.4 Å². The average molecular weight is 890 g/mol. The minimum absolute atomic E-state index is 0.00891. The summed E-state index contributed by atoms with van der Waals surface area (Å²) in [6, 6.07) is 13.0. The number of nitrogens with zero attached hydrogens (tertiary/aromatic N) is 3. The van der Waals surface area contributed by atoms with E-state index in [2.05, 4.69) is 9.98 Å². The first-order chi connectivity index (χ1) is 30.2. The maximum atomic E-state index is 14.6. The molecule has 2 aromatic rings. The SMILES string of the molecule is CC[C@H]1OC(=O)[C@H](C)[C@@H](OC(=O)Cc2cccnc2)[C@H](C)[C@@H](O[C@@H]2O[C@H](C)C[C@H](N(C)C)[C@H]2O)[C@@]2(C)C[C@@H](C)/C(=N\C(C)=O)[C@H](C)[C@@H](OC/C(=C\C=C\c3ccccc3)CO2)[C@]1(C)O. The summed E-state index contributed by atoms with van der Waals surface area (Å²) in [6.07, 6.45) is 2.86. The van der Waals surface area contributed by atoms with Crippen molar-refractivity contribution in [3.8, 4) is 0 Å². The van der Waals surface area contributed by atoms with Crippen LogP contribution in [0.2, 0.25) is 0 Å². The summed E-state index contributed by atoms with van der Waals surface area (Å²) in [5.41, 5.74) is -0.374. The Bertz CT molecular complexity index is 1960. The van der Waals surface area contributed by atoms with Crippen molar-refractivity contribution in [3.05, 3.63) is 83.7 Å². The van der Waals surface area contributed by atoms with Gasteiger partial charge in [0.15, 0.2) is 6.29 Å². The van der Waals surface area contributed by atoms with Crippen molar-refractivity contribution in [2.45, 2.75) is 148 Å². The number of allylic oxidation sites excluding steroid dienone is 2. The van der Waals surface area contributed by atoms with Crippen molar-refractivity contribution < 1.29 is 53.0 Å². The molecule has 0 unspecified atom stereocenters. The Morgan fingerprint density at radius 2 is 1.75 bits per heavy atom. The Balaban J connectivity index is 1.76. The van der Waals surface area contributed by atoms with Gasteiger partial charge in [0.05, 0.1) is 49.5 Å². The predicted molar refractivity (Wildman–Crippen MR) is 243 cm³/mol. The third kappa shape index (κ3) is 12.6. The lowest BCUT2D eigenvalue weighted by atomic mass is 9.73. The fraction of sp³-hybridized carbons (Fsp3) is 0.620. The third-order valence-corrected chi connectivity index (χ3v) is 13.1. The maximum absolute atomic E-state index is 14.6. The molecule has 3 fully saturated rings. The summed E-state index contributed by atoms with van der Waals surface area (Å²) in [7, 11) is 3.78. The number of cyclic esters (lactones) is 1. The molecule has 1 aromatic carbocycles. The number of aliphatic hydroxyl groups excluding tert-OH is 1. The van der Waals surface area contributed by atoms with Gasteiger partial charge in [0.1, 0.15) is 23.9 Å². The molecule has 2 N–H and O–H groups in total. The fourth-order valence-electron chi connectivity index (χ4n) is 9.74. The van der Waals surface area contributed by atoms with E-state index in [1.165, 1.54) is 6.92 Å². The highest BCUT2D eigenvalue weighted by molar-refractivity contribution is 5.97. The van der Waals surface area contributed by atoms with Crippen molar-refractivity contribution in [1.29, 1.82) is 0 Å². The quantitative estimate of drug-likeness (QED) is 0.274. The molecule has 5 rings (SSSR count). The van der Waals surface area contributed by atoms with Crippen LogP contribution in [0.25, 0.3) is 6.08 Å². The number of hydrogen-bond acceptors (Lipinski definition) is 13. The zero-order valence-electron chi connectivity index (χ0n) is 39.5. The molecule has 1 amide bonds. The van der Waals surface area contributed by atoms with E-state index in [0.29, 0.717) is 23.3 Å². The summed E-state index contributed by atoms with van der Waals surface area (Å²) in [4.78, 5) is 52.3. The van der Waals surface area contributed by atoms with Crippen molar-refractivity contribution in [3.63, 3.8) is 0 Å². The van der Waals surface area contributed by atoms with Gasteiger partial charge in [-0.2, -0.15) is 0 Å². The Kier molecular flexibility index (Phi) is 17.8. The van der Waals surface area contributed by atoms with E-state index in [9.17, 15) is 24.6 Å². The van der Waals surface area contributed by atoms with Gasteiger partial charge >= 0.3 is 11.9 Å². The van der Waals surface area contributed by atoms with Crippen LogP contribution < -0.4 is 0 Å². The van der Waals surface area contributed by atoms with E-state index in [1.807, 2.05) is 102 Å². The van der Waals surface area contributed by atoms with Crippen molar-refractivity contribution in [2.75, 3.05) is 27.3 Å². The predicted octanol–water partition coefficient (Wildman–Crippen LogP) is 6.17. The smallest absolute Gasteiger partial charge is 0.312 e. The first-order valence-electron chi connectivity index (χ1n) is 22.7. The topological polar surface area (TPSA) is 176 Å². The summed E-state index contributed by atoms with van der Waals surface area (Å²) in [5, 5.41) is 24.6. The Hall–Kier alpha value is -4.15. The van der Waals surface area contributed by atoms with Crippen LogP contribution >= 0.6 is 0 Å². The number of esters is 2. The van der Waals surface area contributed by atoms with Crippen molar-refractivity contribution in [1.82, 2.24) is 9.88 Å². The van der Waals surface area contributed by atoms with Crippen LogP contribution in [0.15, 0.2) is 77.6 Å². The largest absolute Gasteiger partial charge is 0.461 e. The van der Waals surface area contributed by atoms with Crippen molar-refractivity contribution >= 4 is 29.6 Å². The Morgan fingerprint density at radius 1 is 1.03 bits per heavy atom. The van der Waals surface area contributed by atoms with Gasteiger partial charge in [-0.25, -0.2) is 4.99 Å². The number of amides is 1. The molecule has 3 aliphatic heterocycles. The lowest BCUT2D eigenvalue weighted by Crippen LogP contribution is -2.61. The van der Waals surface area contributed by atoms with E-state index in [0.717, 1.165) is 5.56 Å². The zero-order valence-corrected chi connectivity index (χ0v) is 39.5. The molecular formula is C50H71N3O11. The molecular weight excluding hydrogens is 819 g/mol. The highest BCUT2D eigenvalue weighted by Gasteiger charge is 2.54. The van der Waals surface area contributed by atoms with Gasteiger partial charge in [-0.15, -0.1) is 0 Å². The fourth-order valence-corrected chi connectivity index (χ4v) is 9.74. The molecule has 4 heterocycles. The first-order valence-corrected chi connectivity index (χ1v) is 22.7. The molecule has 3 aliphatic rings. The van der Waals surface area contributed by atoms with Gasteiger partial charge in [0, 0.05) is 42.9 Å². The monoisotopic (exact) mass is 890 g/mol. The molecule has 352 valence electrons. The second kappa shape index (κ2) is 22.4. The standard InChI is InChI=1S/C50H71N3O11/c1-12-40-50(9,58)46-32(4)42(52-35(7)54)30(2)26-49(8,60-29-38(28-59-46)21-16-20-36-18-14-13-15-19-36)45(64-48-43(56)39(53(10)11)24-31(3)61-48)33(5)44(34(6)47(57)62-40)63-41(55)25-37-22-17-23-51-27-37/h13-23,27,30-34,39-40,43-46,48,56,58H,12,24-26,28-29H2,1-11H3/b20-16+,38-21+,52-42+/t30-,31-,32+,33+,34-,39+,40-,43-,44+,45-,46-,48+,49-,50-/m1/s1. The zero-order chi connectivity index (χ0) is 46.9. The summed E-state index contributed by atoms with van der Waals surface area (Å²) >= 11 is 0. The molecule has 0 spiro atoms. The van der Waals surface area contributed by atoms with Gasteiger partial charge in [-0.05, 0) is 89.7 Å². The van der Waals surface area contributed by atoms with E-state index in [1.54, 1.807) is 45.3 Å². The molecule has 14 atom stereocenters. The first kappa shape index (κ1) is 50.8. The van der Waals surface area contributed by atoms with Crippen LogP contribution in [0.1, 0.15) is 92.7 Å². The molecule has 14 heteroatoms. The highest BCUT2D eigenvalue weighted by Crippen LogP contribution is 2.42. The van der Waals surface area contributed by atoms with E-state index < -0.39 is 89.5 Å². The second-order valence-corrected chi connectivity index (χ2v) is 18.7. The maximum Gasteiger partial charge on any atom is 0.312 e. The third-order valence-electron chi connectivity index (χ3n) is 13.1. The molecule has 3 saturated heterocycles. The molecule has 64 heavy (non-hydrogen) atoms. The van der Waals surface area contributed by atoms with Crippen LogP contribution in [-0.4, -0.2) is 131 Å². The molecule has 0 radical (unpaired) electrons. The number of pyridine rings is 1. The van der Waals surface area contributed by atoms with Crippen molar-refractivity contribution in [2.24, 2.45) is 28.7 Å². The summed E-state index contributed by atoms with van der Waals surface area (Å²) in [6.45, 7) is 15.8. The minimum Gasteiger partial charge on any atom is -0.461 e. The van der Waals surface area contributed by atoms with E-state index in [-0.39, 0.29) is 44.6 Å². The number of hydrogen-bond donors (Lipinski definition) is 2. The number of aliphatic hydroxyl groups is 2. The van der Waals surface area contributed by atoms with Gasteiger partial charge in [0.25, 0.3) is 0 Å². The van der Waals surface area contributed by atoms with Crippen LogP contribution in [0.4, 0.5) is 0 Å². The van der Waals surface area contributed by atoms with E-state index >= 15 is 0 Å². The van der Waals surface area contributed by atoms with Crippen LogP contribution in [-0.2, 0) is 49.2 Å². The number of aliphatic imine (C=N–C) groups is 1. The second-order valence-electron chi connectivity index (χ2n) is 18.7. The number of fused-ring (bicyclic) bond motifs is 5. The number of likely N-dealkylation sites (N-methyl/N-ethyl adjacent to an activating group) is 1. The van der Waals surface area contributed by atoms with Gasteiger partial charge in [-0.3, -0.25) is 19.4 Å². The minimum atomic E-state index is -1.81. The average Bonchev–Trinajstić information content (AvgIpc) is 3.26. The number of aromatic nitrogens is 1. The number of benzene rings is 1. The number of ether oxygens (including phenoxy) is 6. The van der Waals surface area contributed by atoms with Crippen LogP contribution in [0.5, 0.6) is 0 Å². The van der Waals surface area contributed by atoms with Gasteiger partial charge in [-0.1, -0.05) is 82.3 Å². The van der Waals surface area contributed by atoms with Gasteiger partial charge in [0.2, 0.25) is 5.91 Å². The molecule has 0 saturated carbocycles. The summed E-state index contributed by atoms with van der Waals surface area (Å²) < 4.78 is 40.0. The van der Waals surface area contributed by atoms with Gasteiger partial charge < -0.3 is 43.5 Å². The lowest BCUT2D eigenvalue weighted by Gasteiger charge is -2.49. The normalized spacial score (nSPS) is 37.1. The molecule has 2 bridgehead atoms. The summed E-state index contributed by atoms with van der Waals surface area (Å²) in [5.74, 6) is -4.85. The number of carbonyl (C=O) groups is 3. The molecule has 0 aliphatic carbocycles. The van der Waals surface area contributed by atoms with Crippen LogP contribution in [0, 0.1) is 23.7 Å². The number of carbonyl (C=O) groups excluding carboxylic acids is 3. The highest BCUT2D eigenvalue weighted by atomic mass is 16.7. The Labute approximate surface area is 379 Å². The Morgan fingerprint density at radius 3 is 2.39 bits per heavy atom. The molecule has 14 nitrogen and oxygen atoms in total. The molecule has 1 aromatic heterocycles.